The van der Waals surface area contributed by atoms with E-state index in [0.29, 0.717) is 24.8 Å². The highest BCUT2D eigenvalue weighted by Crippen LogP contribution is 2.25. The molecule has 1 saturated heterocycles. The normalized spacial score (nSPS) is 16.7. The number of nitrogens with zero attached hydrogens (tertiary/aromatic N) is 3. The number of aromatic nitrogens is 1. The van der Waals surface area contributed by atoms with Crippen LogP contribution in [0.4, 0.5) is 13.2 Å². The van der Waals surface area contributed by atoms with Crippen molar-refractivity contribution in [2.75, 3.05) is 20.2 Å². The summed E-state index contributed by atoms with van der Waals surface area (Å²) in [6, 6.07) is 5.51. The number of hydrogen-bond donors (Lipinski definition) is 4. The quantitative estimate of drug-likeness (QED) is 0.132. The molecule has 3 rings (SSSR count). The summed E-state index contributed by atoms with van der Waals surface area (Å²) in [5, 5.41) is 10.1. The number of carboxylic acids is 1. The third-order valence-corrected chi connectivity index (χ3v) is 7.81. The molecular formula is C21H27F3N6O7S2. The summed E-state index contributed by atoms with van der Waals surface area (Å²) in [4.78, 5) is 43.4. The number of thiazole rings is 1. The van der Waals surface area contributed by atoms with Gasteiger partial charge in [0.05, 0.1) is 23.4 Å². The summed E-state index contributed by atoms with van der Waals surface area (Å²) < 4.78 is 62.5. The van der Waals surface area contributed by atoms with Crippen molar-refractivity contribution in [3.8, 4) is 0 Å². The van der Waals surface area contributed by atoms with Crippen LogP contribution in [0.2, 0.25) is 0 Å². The van der Waals surface area contributed by atoms with E-state index >= 15 is 0 Å². The molecule has 39 heavy (non-hydrogen) atoms. The number of alkyl halides is 3. The van der Waals surface area contributed by atoms with Gasteiger partial charge in [0.1, 0.15) is 6.04 Å². The molecule has 1 amide bonds. The van der Waals surface area contributed by atoms with Crippen LogP contribution in [-0.4, -0.2) is 84.9 Å². The highest BCUT2D eigenvalue weighted by Gasteiger charge is 2.40. The van der Waals surface area contributed by atoms with Crippen LogP contribution in [0.5, 0.6) is 0 Å². The molecule has 18 heteroatoms. The van der Waals surface area contributed by atoms with E-state index in [9.17, 15) is 31.2 Å². The molecule has 1 aliphatic heterocycles. The van der Waals surface area contributed by atoms with E-state index in [0.717, 1.165) is 16.1 Å². The zero-order valence-electron chi connectivity index (χ0n) is 20.6. The smallest absolute Gasteiger partial charge is 0.475 e. The molecule has 2 atom stereocenters. The van der Waals surface area contributed by atoms with Crippen LogP contribution in [0.3, 0.4) is 0 Å². The first-order valence-electron chi connectivity index (χ1n) is 11.3. The summed E-state index contributed by atoms with van der Waals surface area (Å²) in [5.41, 5.74) is 11.4. The maximum absolute atomic E-state index is 13.2. The number of hydrogen-bond acceptors (Lipinski definition) is 9. The Morgan fingerprint density at radius 3 is 2.51 bits per heavy atom. The van der Waals surface area contributed by atoms with E-state index in [4.69, 9.17) is 21.4 Å². The summed E-state index contributed by atoms with van der Waals surface area (Å²) in [6.07, 6.45) is -3.53. The molecule has 0 radical (unpaired) electrons. The number of ketones is 1. The van der Waals surface area contributed by atoms with Gasteiger partial charge in [-0.25, -0.2) is 9.78 Å². The Hall–Kier alpha value is -3.35. The second kappa shape index (κ2) is 13.6. The minimum Gasteiger partial charge on any atom is -0.475 e. The molecule has 0 unspecified atom stereocenters. The van der Waals surface area contributed by atoms with Crippen molar-refractivity contribution in [1.29, 1.82) is 0 Å². The number of carbonyl (C=O) groups excluding carboxylic acids is 2. The van der Waals surface area contributed by atoms with Crippen molar-refractivity contribution in [2.45, 2.75) is 43.9 Å². The van der Waals surface area contributed by atoms with Gasteiger partial charge in [-0.05, 0) is 37.8 Å². The number of fused-ring (bicyclic) bond motifs is 1. The number of rotatable bonds is 10. The average molecular weight is 597 g/mol. The number of amides is 1. The predicted molar refractivity (Wildman–Crippen MR) is 135 cm³/mol. The highest BCUT2D eigenvalue weighted by molar-refractivity contribution is 7.84. The Kier molecular flexibility index (Phi) is 11.1. The Bertz CT molecular complexity index is 1280. The van der Waals surface area contributed by atoms with E-state index in [2.05, 4.69) is 19.5 Å². The summed E-state index contributed by atoms with van der Waals surface area (Å²) >= 11 is 1.24. The van der Waals surface area contributed by atoms with E-state index in [1.807, 2.05) is 18.2 Å². The van der Waals surface area contributed by atoms with Gasteiger partial charge in [-0.1, -0.05) is 12.1 Å². The fourth-order valence-corrected chi connectivity index (χ4v) is 5.55. The molecular weight excluding hydrogens is 569 g/mol. The number of aliphatic imine (C=N–C) groups is 1. The maximum Gasteiger partial charge on any atom is 0.490 e. The Morgan fingerprint density at radius 1 is 1.31 bits per heavy atom. The van der Waals surface area contributed by atoms with Crippen LogP contribution < -0.4 is 16.8 Å². The van der Waals surface area contributed by atoms with E-state index in [1.165, 1.54) is 11.3 Å². The minimum atomic E-state index is -5.08. The number of halogens is 3. The van der Waals surface area contributed by atoms with Gasteiger partial charge in [-0.3, -0.25) is 18.8 Å². The SMILES string of the molecule is COS(=O)(=O)N1CCC[C@H]1C(=O)N[C@@H](CCCN=C(N)N)C(=O)c1nc2ccccc2s1.O=C(O)C(F)(F)F. The molecule has 6 N–H and O–H groups in total. The number of nitrogens with one attached hydrogen (secondary N) is 1. The molecule has 13 nitrogen and oxygen atoms in total. The van der Waals surface area contributed by atoms with Crippen LogP contribution in [0.15, 0.2) is 29.3 Å². The number of guanidine groups is 1. The predicted octanol–water partition coefficient (Wildman–Crippen LogP) is 1.01. The Labute approximate surface area is 225 Å². The fourth-order valence-electron chi connectivity index (χ4n) is 3.53. The summed E-state index contributed by atoms with van der Waals surface area (Å²) in [6.45, 7) is 0.463. The van der Waals surface area contributed by atoms with Crippen LogP contribution in [0, 0.1) is 0 Å². The Morgan fingerprint density at radius 2 is 1.95 bits per heavy atom. The molecule has 0 aliphatic carbocycles. The molecule has 1 aliphatic rings. The zero-order chi connectivity index (χ0) is 29.4. The number of nitrogens with two attached hydrogens (primary N) is 2. The minimum absolute atomic E-state index is 0.0607. The molecule has 2 aromatic rings. The molecule has 1 aromatic carbocycles. The maximum atomic E-state index is 13.2. The molecule has 0 bridgehead atoms. The van der Waals surface area contributed by atoms with E-state index in [-0.39, 0.29) is 36.3 Å². The average Bonchev–Trinajstić information content (AvgIpc) is 3.53. The van der Waals surface area contributed by atoms with E-state index in [1.54, 1.807) is 6.07 Å². The molecule has 2 heterocycles. The van der Waals surface area contributed by atoms with Crippen molar-refractivity contribution >= 4 is 55.5 Å². The lowest BCUT2D eigenvalue weighted by Crippen LogP contribution is -2.51. The van der Waals surface area contributed by atoms with Gasteiger partial charge in [0.25, 0.3) is 0 Å². The van der Waals surface area contributed by atoms with Crippen molar-refractivity contribution in [1.82, 2.24) is 14.6 Å². The van der Waals surface area contributed by atoms with Gasteiger partial charge < -0.3 is 21.9 Å². The Balaban J connectivity index is 0.000000673. The van der Waals surface area contributed by atoms with Gasteiger partial charge in [0.15, 0.2) is 11.0 Å². The number of aliphatic carboxylic acids is 1. The lowest BCUT2D eigenvalue weighted by atomic mass is 10.1. The molecule has 1 aromatic heterocycles. The first-order valence-corrected chi connectivity index (χ1v) is 13.5. The number of carbonyl (C=O) groups is 3. The second-order valence-electron chi connectivity index (χ2n) is 8.06. The lowest BCUT2D eigenvalue weighted by Gasteiger charge is -2.24. The summed E-state index contributed by atoms with van der Waals surface area (Å²) in [7, 11) is -2.97. The van der Waals surface area contributed by atoms with Gasteiger partial charge >= 0.3 is 22.4 Å². The van der Waals surface area contributed by atoms with Crippen molar-refractivity contribution in [3.05, 3.63) is 29.3 Å². The monoisotopic (exact) mass is 596 g/mol. The molecule has 216 valence electrons. The standard InChI is InChI=1S/C19H26N6O5S2.C2HF3O2/c1-30-32(28,29)25-11-5-8-14(25)17(27)23-13(7-4-10-22-19(20)21)16(26)18-24-12-6-2-3-9-15(12)31-18;3-2(4,5)1(6)7/h2-3,6,9,13-14H,4-5,7-8,10-11H2,1H3,(H,23,27)(H4,20,21,22);(H,6,7)/t13-,14-;/m0./s1. The largest absolute Gasteiger partial charge is 0.490 e. The van der Waals surface area contributed by atoms with Crippen LogP contribution in [0.1, 0.15) is 35.5 Å². The number of benzene rings is 1. The van der Waals surface area contributed by atoms with Gasteiger partial charge in [-0.2, -0.15) is 25.9 Å². The number of Topliss-reactive ketones (excluding diaryl/α,β-unsaturated/α-hetero) is 1. The third-order valence-electron chi connectivity index (χ3n) is 5.33. The van der Waals surface area contributed by atoms with Gasteiger partial charge in [0.2, 0.25) is 11.7 Å². The third kappa shape index (κ3) is 9.12. The van der Waals surface area contributed by atoms with Gasteiger partial charge in [-0.15, -0.1) is 11.3 Å². The first kappa shape index (κ1) is 31.9. The van der Waals surface area contributed by atoms with Crippen LogP contribution in [-0.2, 0) is 24.1 Å². The van der Waals surface area contributed by atoms with Gasteiger partial charge in [0, 0.05) is 13.1 Å². The first-order chi connectivity index (χ1) is 18.2. The topological polar surface area (TPSA) is 207 Å². The molecule has 0 spiro atoms. The van der Waals surface area contributed by atoms with E-state index < -0.39 is 40.4 Å². The summed E-state index contributed by atoms with van der Waals surface area (Å²) in [5.74, 6) is -3.71. The highest BCUT2D eigenvalue weighted by atomic mass is 32.2. The fraction of sp³-hybridized carbons (Fsp3) is 0.476. The lowest BCUT2D eigenvalue weighted by molar-refractivity contribution is -0.192. The van der Waals surface area contributed by atoms with Crippen LogP contribution >= 0.6 is 11.3 Å². The van der Waals surface area contributed by atoms with Crippen molar-refractivity contribution in [2.24, 2.45) is 16.5 Å². The number of para-hydroxylation sites is 1. The molecule has 1 fully saturated rings. The van der Waals surface area contributed by atoms with Crippen LogP contribution in [0.25, 0.3) is 10.2 Å². The van der Waals surface area contributed by atoms with Crippen molar-refractivity contribution in [3.63, 3.8) is 0 Å². The number of carboxylic acid groups (broad SMARTS) is 1. The molecule has 0 saturated carbocycles. The zero-order valence-corrected chi connectivity index (χ0v) is 22.2. The van der Waals surface area contributed by atoms with Crippen molar-refractivity contribution < 1.29 is 45.3 Å². The second-order valence-corrected chi connectivity index (χ2v) is 10.7.